The van der Waals surface area contributed by atoms with E-state index >= 15 is 0 Å². The fraction of sp³-hybridized carbons (Fsp3) is 0.958. The van der Waals surface area contributed by atoms with E-state index < -0.39 is 51.8 Å². The number of phosphoric ester groups is 1. The van der Waals surface area contributed by atoms with Crippen LogP contribution in [0.5, 0.6) is 0 Å². The number of unbranched alkanes of at least 4 members (excludes halogenated alkanes) is 34. The van der Waals surface area contributed by atoms with Gasteiger partial charge in [0.15, 0.2) is 6.10 Å². The van der Waals surface area contributed by atoms with Gasteiger partial charge in [-0.05, 0) is 12.8 Å². The molecule has 3 N–H and O–H groups in total. The molecule has 59 heavy (non-hydrogen) atoms. The first-order valence-corrected chi connectivity index (χ1v) is 26.5. The van der Waals surface area contributed by atoms with Crippen molar-refractivity contribution in [2.24, 2.45) is 0 Å². The molecule has 10 nitrogen and oxygen atoms in total. The number of hydrogen-bond acceptors (Lipinski definition) is 9. The second kappa shape index (κ2) is 45.0. The summed E-state index contributed by atoms with van der Waals surface area (Å²) in [6, 6.07) is 0. The van der Waals surface area contributed by atoms with E-state index in [0.29, 0.717) is 12.8 Å². The van der Waals surface area contributed by atoms with Crippen molar-refractivity contribution in [3.8, 4) is 0 Å². The van der Waals surface area contributed by atoms with Crippen molar-refractivity contribution >= 4 is 19.8 Å². The second-order valence-corrected chi connectivity index (χ2v) is 18.7. The van der Waals surface area contributed by atoms with Crippen molar-refractivity contribution in [2.75, 3.05) is 26.4 Å². The summed E-state index contributed by atoms with van der Waals surface area (Å²) >= 11 is 0. The first kappa shape index (κ1) is 58.0. The van der Waals surface area contributed by atoms with E-state index in [1.54, 1.807) is 0 Å². The van der Waals surface area contributed by atoms with Crippen LogP contribution < -0.4 is 0 Å². The van der Waals surface area contributed by atoms with Gasteiger partial charge in [-0.25, -0.2) is 4.57 Å². The quantitative estimate of drug-likeness (QED) is 0.0306. The summed E-state index contributed by atoms with van der Waals surface area (Å²) in [5, 5.41) is 18.4. The SMILES string of the molecule is CCCCCCCCCCCCCCCCCCCCCC(=O)O[C@H](COC(=O)CCCCCCCCCCCCCCCCCCC)COP(=O)(O)OC[C@@H](O)CO. The van der Waals surface area contributed by atoms with Crippen molar-refractivity contribution in [3.63, 3.8) is 0 Å². The van der Waals surface area contributed by atoms with E-state index in [9.17, 15) is 24.2 Å². The largest absolute Gasteiger partial charge is 0.472 e. The van der Waals surface area contributed by atoms with Crippen LogP contribution in [0.2, 0.25) is 0 Å². The molecule has 0 saturated heterocycles. The number of ether oxygens (including phenoxy) is 2. The van der Waals surface area contributed by atoms with Gasteiger partial charge in [0, 0.05) is 12.8 Å². The zero-order chi connectivity index (χ0) is 43.3. The van der Waals surface area contributed by atoms with Crippen LogP contribution in [0.15, 0.2) is 0 Å². The standard InChI is InChI=1S/C48H95O10P/c1-3-5-7-9-11-13-15-17-19-21-22-24-26-28-30-32-34-36-38-40-48(52)58-46(44-57-59(53,54)56-42-45(50)41-49)43-55-47(51)39-37-35-33-31-29-27-25-23-20-18-16-14-12-10-8-6-4-2/h45-46,49-50H,3-44H2,1-2H3,(H,53,54)/t45-,46+/m0/s1. The Morgan fingerprint density at radius 2 is 0.729 bits per heavy atom. The molecule has 0 aromatic carbocycles. The number of aliphatic hydroxyl groups excluding tert-OH is 2. The number of phosphoric acid groups is 1. The third kappa shape index (κ3) is 44.8. The van der Waals surface area contributed by atoms with E-state index in [4.69, 9.17) is 23.6 Å². The molecule has 0 heterocycles. The van der Waals surface area contributed by atoms with Crippen molar-refractivity contribution in [1.82, 2.24) is 0 Å². The van der Waals surface area contributed by atoms with Gasteiger partial charge in [-0.2, -0.15) is 0 Å². The molecule has 0 aromatic heterocycles. The number of aliphatic hydroxyl groups is 2. The van der Waals surface area contributed by atoms with E-state index in [-0.39, 0.29) is 19.4 Å². The Bertz CT molecular complexity index is 951. The van der Waals surface area contributed by atoms with Gasteiger partial charge in [0.2, 0.25) is 0 Å². The topological polar surface area (TPSA) is 149 Å². The van der Waals surface area contributed by atoms with Gasteiger partial charge in [0.05, 0.1) is 19.8 Å². The molecule has 0 amide bonds. The van der Waals surface area contributed by atoms with Crippen LogP contribution in [0, 0.1) is 0 Å². The molecule has 0 aliphatic heterocycles. The van der Waals surface area contributed by atoms with Gasteiger partial charge in [0.1, 0.15) is 12.7 Å². The molecule has 0 bridgehead atoms. The van der Waals surface area contributed by atoms with E-state index in [1.807, 2.05) is 0 Å². The van der Waals surface area contributed by atoms with Gasteiger partial charge < -0.3 is 24.6 Å². The highest BCUT2D eigenvalue weighted by atomic mass is 31.2. The lowest BCUT2D eigenvalue weighted by molar-refractivity contribution is -0.161. The summed E-state index contributed by atoms with van der Waals surface area (Å²) in [6.45, 7) is 2.45. The smallest absolute Gasteiger partial charge is 0.462 e. The molecule has 0 saturated carbocycles. The van der Waals surface area contributed by atoms with Crippen LogP contribution in [0.3, 0.4) is 0 Å². The van der Waals surface area contributed by atoms with Gasteiger partial charge in [-0.1, -0.05) is 232 Å². The minimum absolute atomic E-state index is 0.193. The Balaban J connectivity index is 4.15. The molecule has 0 aliphatic rings. The van der Waals surface area contributed by atoms with Crippen LogP contribution >= 0.6 is 7.82 Å². The summed E-state index contributed by atoms with van der Waals surface area (Å²) < 4.78 is 32.9. The highest BCUT2D eigenvalue weighted by molar-refractivity contribution is 7.47. The van der Waals surface area contributed by atoms with E-state index in [1.165, 1.54) is 186 Å². The molecule has 3 atom stereocenters. The number of hydrogen-bond donors (Lipinski definition) is 3. The van der Waals surface area contributed by atoms with Gasteiger partial charge in [-0.3, -0.25) is 18.6 Å². The third-order valence-electron chi connectivity index (χ3n) is 11.3. The molecule has 1 unspecified atom stereocenters. The number of carbonyl (C=O) groups is 2. The predicted molar refractivity (Wildman–Crippen MR) is 242 cm³/mol. The summed E-state index contributed by atoms with van der Waals surface area (Å²) in [5.41, 5.74) is 0. The lowest BCUT2D eigenvalue weighted by atomic mass is 10.0. The predicted octanol–water partition coefficient (Wildman–Crippen LogP) is 13.8. The highest BCUT2D eigenvalue weighted by Crippen LogP contribution is 2.43. The second-order valence-electron chi connectivity index (χ2n) is 17.2. The Morgan fingerprint density at radius 3 is 1.05 bits per heavy atom. The number of esters is 2. The molecule has 0 aliphatic carbocycles. The third-order valence-corrected chi connectivity index (χ3v) is 12.2. The monoisotopic (exact) mass is 863 g/mol. The van der Waals surface area contributed by atoms with Crippen LogP contribution in [0.25, 0.3) is 0 Å². The van der Waals surface area contributed by atoms with Crippen molar-refractivity contribution in [3.05, 3.63) is 0 Å². The molecular weight excluding hydrogens is 767 g/mol. The van der Waals surface area contributed by atoms with Crippen LogP contribution in [-0.4, -0.2) is 65.7 Å². The van der Waals surface area contributed by atoms with Crippen molar-refractivity contribution in [1.29, 1.82) is 0 Å². The lowest BCUT2D eigenvalue weighted by Crippen LogP contribution is -2.29. The Kier molecular flexibility index (Phi) is 44.2. The van der Waals surface area contributed by atoms with E-state index in [0.717, 1.165) is 32.1 Å². The average molecular weight is 863 g/mol. The average Bonchev–Trinajstić information content (AvgIpc) is 3.22. The van der Waals surface area contributed by atoms with Crippen molar-refractivity contribution < 1.29 is 47.8 Å². The first-order chi connectivity index (χ1) is 28.7. The van der Waals surface area contributed by atoms with Crippen LogP contribution in [-0.2, 0) is 32.7 Å². The minimum Gasteiger partial charge on any atom is -0.462 e. The Labute approximate surface area is 363 Å². The highest BCUT2D eigenvalue weighted by Gasteiger charge is 2.27. The van der Waals surface area contributed by atoms with Gasteiger partial charge in [0.25, 0.3) is 0 Å². The van der Waals surface area contributed by atoms with Crippen LogP contribution in [0.4, 0.5) is 0 Å². The Morgan fingerprint density at radius 1 is 0.441 bits per heavy atom. The van der Waals surface area contributed by atoms with Crippen molar-refractivity contribution in [2.45, 2.75) is 270 Å². The molecule has 11 heteroatoms. The van der Waals surface area contributed by atoms with Crippen LogP contribution in [0.1, 0.15) is 258 Å². The summed E-state index contributed by atoms with van der Waals surface area (Å²) in [6.07, 6.45) is 43.5. The maximum absolute atomic E-state index is 12.7. The molecular formula is C48H95O10P. The molecule has 0 aromatic rings. The number of carbonyl (C=O) groups excluding carboxylic acids is 2. The molecule has 0 radical (unpaired) electrons. The fourth-order valence-corrected chi connectivity index (χ4v) is 8.20. The lowest BCUT2D eigenvalue weighted by Gasteiger charge is -2.20. The molecule has 352 valence electrons. The normalized spacial score (nSPS) is 13.6. The first-order valence-electron chi connectivity index (χ1n) is 25.0. The molecule has 0 rings (SSSR count). The molecule has 0 spiro atoms. The maximum atomic E-state index is 12.7. The zero-order valence-electron chi connectivity index (χ0n) is 38.5. The fourth-order valence-electron chi connectivity index (χ4n) is 7.41. The number of rotatable bonds is 48. The van der Waals surface area contributed by atoms with Gasteiger partial charge >= 0.3 is 19.8 Å². The zero-order valence-corrected chi connectivity index (χ0v) is 39.4. The molecule has 0 fully saturated rings. The Hall–Kier alpha value is -1.03. The summed E-state index contributed by atoms with van der Waals surface area (Å²) in [5.74, 6) is -0.903. The minimum atomic E-state index is -4.61. The summed E-state index contributed by atoms with van der Waals surface area (Å²) in [4.78, 5) is 35.1. The van der Waals surface area contributed by atoms with E-state index in [2.05, 4.69) is 13.8 Å². The van der Waals surface area contributed by atoms with Gasteiger partial charge in [-0.15, -0.1) is 0 Å². The summed E-state index contributed by atoms with van der Waals surface area (Å²) in [7, 11) is -4.61. The maximum Gasteiger partial charge on any atom is 0.472 e.